The van der Waals surface area contributed by atoms with Crippen LogP contribution >= 0.6 is 0 Å². The van der Waals surface area contributed by atoms with Crippen LogP contribution in [-0.4, -0.2) is 22.7 Å². The molecule has 0 aliphatic rings. The van der Waals surface area contributed by atoms with Crippen molar-refractivity contribution in [3.8, 4) is 5.75 Å². The smallest absolute Gasteiger partial charge is 0.183 e. The van der Waals surface area contributed by atoms with Gasteiger partial charge >= 0.3 is 0 Å². The third-order valence-electron chi connectivity index (χ3n) is 3.20. The van der Waals surface area contributed by atoms with Crippen LogP contribution in [0, 0.1) is 6.92 Å². The van der Waals surface area contributed by atoms with Gasteiger partial charge in [-0.2, -0.15) is 5.10 Å². The van der Waals surface area contributed by atoms with Gasteiger partial charge in [-0.1, -0.05) is 12.1 Å². The predicted octanol–water partition coefficient (Wildman–Crippen LogP) is 2.55. The summed E-state index contributed by atoms with van der Waals surface area (Å²) < 4.78 is 6.82. The minimum atomic E-state index is 0.0829. The molecule has 0 saturated heterocycles. The van der Waals surface area contributed by atoms with E-state index in [-0.39, 0.29) is 5.78 Å². The number of aromatic nitrogens is 2. The van der Waals surface area contributed by atoms with Crippen molar-refractivity contribution in [2.45, 2.75) is 19.8 Å². The van der Waals surface area contributed by atoms with Crippen molar-refractivity contribution in [1.29, 1.82) is 0 Å². The third kappa shape index (κ3) is 3.22. The zero-order chi connectivity index (χ0) is 13.8. The second-order valence-corrected chi connectivity index (χ2v) is 4.57. The molecule has 0 aliphatic heterocycles. The summed E-state index contributed by atoms with van der Waals surface area (Å²) in [5, 5.41) is 4.20. The standard InChI is InChI=1S/C15H18N2O2/c1-11-10-14(16-17(11)2)15(18)9-6-12-4-7-13(19-3)8-5-12/h4-5,7-8,10H,6,9H2,1-3H3. The number of methoxy groups -OCH3 is 1. The van der Waals surface area contributed by atoms with Crippen LogP contribution in [0.2, 0.25) is 0 Å². The lowest BCUT2D eigenvalue weighted by atomic mass is 10.1. The van der Waals surface area contributed by atoms with Gasteiger partial charge in [0.05, 0.1) is 7.11 Å². The molecule has 1 aromatic carbocycles. The van der Waals surface area contributed by atoms with Crippen molar-refractivity contribution in [3.63, 3.8) is 0 Å². The van der Waals surface area contributed by atoms with Crippen LogP contribution in [0.5, 0.6) is 5.75 Å². The van der Waals surface area contributed by atoms with E-state index in [9.17, 15) is 4.79 Å². The molecule has 100 valence electrons. The van der Waals surface area contributed by atoms with Crippen molar-refractivity contribution in [1.82, 2.24) is 9.78 Å². The molecule has 4 nitrogen and oxygen atoms in total. The fourth-order valence-corrected chi connectivity index (χ4v) is 1.88. The third-order valence-corrected chi connectivity index (χ3v) is 3.20. The first-order valence-electron chi connectivity index (χ1n) is 6.27. The average Bonchev–Trinajstić information content (AvgIpc) is 2.77. The van der Waals surface area contributed by atoms with Gasteiger partial charge in [-0.3, -0.25) is 9.48 Å². The van der Waals surface area contributed by atoms with Crippen LogP contribution in [0.4, 0.5) is 0 Å². The molecule has 0 amide bonds. The Balaban J connectivity index is 1.96. The second kappa shape index (κ2) is 5.69. The van der Waals surface area contributed by atoms with E-state index in [1.54, 1.807) is 11.8 Å². The predicted molar refractivity (Wildman–Crippen MR) is 73.6 cm³/mol. The molecular weight excluding hydrogens is 240 g/mol. The SMILES string of the molecule is COc1ccc(CCC(=O)c2cc(C)n(C)n2)cc1. The summed E-state index contributed by atoms with van der Waals surface area (Å²) in [6.45, 7) is 1.94. The van der Waals surface area contributed by atoms with Gasteiger partial charge in [-0.15, -0.1) is 0 Å². The van der Waals surface area contributed by atoms with E-state index in [0.717, 1.165) is 23.4 Å². The molecule has 2 rings (SSSR count). The van der Waals surface area contributed by atoms with E-state index in [0.29, 0.717) is 12.1 Å². The van der Waals surface area contributed by atoms with Crippen molar-refractivity contribution in [2.24, 2.45) is 7.05 Å². The van der Waals surface area contributed by atoms with Crippen LogP contribution in [0.15, 0.2) is 30.3 Å². The van der Waals surface area contributed by atoms with E-state index >= 15 is 0 Å². The second-order valence-electron chi connectivity index (χ2n) is 4.57. The van der Waals surface area contributed by atoms with E-state index < -0.39 is 0 Å². The Morgan fingerprint density at radius 2 is 2.00 bits per heavy atom. The lowest BCUT2D eigenvalue weighted by Crippen LogP contribution is -2.03. The lowest BCUT2D eigenvalue weighted by molar-refractivity contribution is 0.0977. The van der Waals surface area contributed by atoms with Gasteiger partial charge in [0, 0.05) is 19.2 Å². The minimum Gasteiger partial charge on any atom is -0.497 e. The number of nitrogens with zero attached hydrogens (tertiary/aromatic N) is 2. The summed E-state index contributed by atoms with van der Waals surface area (Å²) in [6.07, 6.45) is 1.20. The van der Waals surface area contributed by atoms with E-state index in [2.05, 4.69) is 5.10 Å². The Bertz CT molecular complexity index is 551. The maximum atomic E-state index is 12.0. The zero-order valence-electron chi connectivity index (χ0n) is 11.5. The first kappa shape index (κ1) is 13.3. The lowest BCUT2D eigenvalue weighted by Gasteiger charge is -2.02. The highest BCUT2D eigenvalue weighted by atomic mass is 16.5. The number of carbonyl (C=O) groups is 1. The number of ether oxygens (including phenoxy) is 1. The zero-order valence-corrected chi connectivity index (χ0v) is 11.5. The van der Waals surface area contributed by atoms with Crippen LogP contribution < -0.4 is 4.74 Å². The van der Waals surface area contributed by atoms with Gasteiger partial charge in [0.1, 0.15) is 11.4 Å². The van der Waals surface area contributed by atoms with Crippen molar-refractivity contribution in [3.05, 3.63) is 47.3 Å². The molecule has 0 radical (unpaired) electrons. The van der Waals surface area contributed by atoms with Crippen molar-refractivity contribution in [2.75, 3.05) is 7.11 Å². The highest BCUT2D eigenvalue weighted by Crippen LogP contribution is 2.14. The molecular formula is C15H18N2O2. The number of carbonyl (C=O) groups excluding carboxylic acids is 1. The van der Waals surface area contributed by atoms with Gasteiger partial charge in [-0.25, -0.2) is 0 Å². The molecule has 19 heavy (non-hydrogen) atoms. The number of benzene rings is 1. The Hall–Kier alpha value is -2.10. The summed E-state index contributed by atoms with van der Waals surface area (Å²) >= 11 is 0. The summed E-state index contributed by atoms with van der Waals surface area (Å²) in [4.78, 5) is 12.0. The van der Waals surface area contributed by atoms with Gasteiger partial charge in [-0.05, 0) is 37.1 Å². The van der Waals surface area contributed by atoms with E-state index in [4.69, 9.17) is 4.74 Å². The monoisotopic (exact) mass is 258 g/mol. The molecule has 1 heterocycles. The molecule has 0 N–H and O–H groups in total. The van der Waals surface area contributed by atoms with Crippen LogP contribution in [0.1, 0.15) is 28.2 Å². The quantitative estimate of drug-likeness (QED) is 0.774. The first-order chi connectivity index (χ1) is 9.10. The normalized spacial score (nSPS) is 10.5. The van der Waals surface area contributed by atoms with Gasteiger partial charge in [0.25, 0.3) is 0 Å². The molecule has 1 aromatic heterocycles. The minimum absolute atomic E-state index is 0.0829. The largest absolute Gasteiger partial charge is 0.497 e. The Morgan fingerprint density at radius 1 is 1.32 bits per heavy atom. The number of ketones is 1. The molecule has 0 unspecified atom stereocenters. The highest BCUT2D eigenvalue weighted by molar-refractivity contribution is 5.94. The molecule has 0 fully saturated rings. The number of Topliss-reactive ketones (excluding diaryl/α,β-unsaturated/α-hetero) is 1. The summed E-state index contributed by atoms with van der Waals surface area (Å²) in [7, 11) is 3.48. The molecule has 0 saturated carbocycles. The topological polar surface area (TPSA) is 44.1 Å². The van der Waals surface area contributed by atoms with Crippen molar-refractivity contribution < 1.29 is 9.53 Å². The first-order valence-corrected chi connectivity index (χ1v) is 6.27. The molecule has 0 spiro atoms. The van der Waals surface area contributed by atoms with Gasteiger partial charge in [0.2, 0.25) is 0 Å². The van der Waals surface area contributed by atoms with Crippen molar-refractivity contribution >= 4 is 5.78 Å². The Kier molecular flexibility index (Phi) is 4.00. The average molecular weight is 258 g/mol. The fourth-order valence-electron chi connectivity index (χ4n) is 1.88. The summed E-state index contributed by atoms with van der Waals surface area (Å²) in [5.74, 6) is 0.912. The maximum Gasteiger partial charge on any atom is 0.183 e. The van der Waals surface area contributed by atoms with Gasteiger partial charge in [0.15, 0.2) is 5.78 Å². The van der Waals surface area contributed by atoms with E-state index in [1.807, 2.05) is 44.3 Å². The highest BCUT2D eigenvalue weighted by Gasteiger charge is 2.11. The van der Waals surface area contributed by atoms with Gasteiger partial charge < -0.3 is 4.74 Å². The Labute approximate surface area is 113 Å². The van der Waals surface area contributed by atoms with E-state index in [1.165, 1.54) is 0 Å². The molecule has 4 heteroatoms. The molecule has 0 bridgehead atoms. The number of aryl methyl sites for hydroxylation is 3. The molecule has 2 aromatic rings. The number of hydrogen-bond donors (Lipinski definition) is 0. The molecule has 0 aliphatic carbocycles. The Morgan fingerprint density at radius 3 is 2.53 bits per heavy atom. The number of rotatable bonds is 5. The summed E-state index contributed by atoms with van der Waals surface area (Å²) in [5.41, 5.74) is 2.67. The summed E-state index contributed by atoms with van der Waals surface area (Å²) in [6, 6.07) is 9.61. The molecule has 0 atom stereocenters. The fraction of sp³-hybridized carbons (Fsp3) is 0.333. The van der Waals surface area contributed by atoms with Crippen LogP contribution in [0.3, 0.4) is 0 Å². The van der Waals surface area contributed by atoms with Crippen LogP contribution in [0.25, 0.3) is 0 Å². The van der Waals surface area contributed by atoms with Crippen LogP contribution in [-0.2, 0) is 13.5 Å². The maximum absolute atomic E-state index is 12.0. The number of hydrogen-bond acceptors (Lipinski definition) is 3.